The summed E-state index contributed by atoms with van der Waals surface area (Å²) in [6.45, 7) is 11.3. The number of hydrogen-bond acceptors (Lipinski definition) is 7. The van der Waals surface area contributed by atoms with Crippen molar-refractivity contribution in [2.45, 2.75) is 66.0 Å². The molecule has 1 aromatic heterocycles. The maximum atomic E-state index is 13.0. The van der Waals surface area contributed by atoms with Crippen LogP contribution >= 0.6 is 0 Å². The number of amides is 1. The van der Waals surface area contributed by atoms with Crippen LogP contribution in [0, 0.1) is 20.8 Å². The van der Waals surface area contributed by atoms with E-state index >= 15 is 0 Å². The van der Waals surface area contributed by atoms with Gasteiger partial charge in [-0.2, -0.15) is 0 Å². The lowest BCUT2D eigenvalue weighted by Crippen LogP contribution is -2.39. The molecule has 4 rings (SSSR count). The molecule has 41 heavy (non-hydrogen) atoms. The van der Waals surface area contributed by atoms with Gasteiger partial charge in [0.05, 0.1) is 22.9 Å². The number of carbonyl (C=O) groups excluding carboxylic acids is 2. The van der Waals surface area contributed by atoms with Crippen molar-refractivity contribution in [3.05, 3.63) is 92.7 Å². The number of esters is 1. The topological polar surface area (TPSA) is 128 Å². The molecule has 1 N–H and O–H groups in total. The average Bonchev–Trinajstić information content (AvgIpc) is 3.38. The predicted octanol–water partition coefficient (Wildman–Crippen LogP) is 5.38. The van der Waals surface area contributed by atoms with Gasteiger partial charge in [0.2, 0.25) is 5.75 Å². The van der Waals surface area contributed by atoms with E-state index in [-0.39, 0.29) is 11.8 Å². The zero-order valence-corrected chi connectivity index (χ0v) is 24.6. The molecule has 1 unspecified atom stereocenters. The highest BCUT2D eigenvalue weighted by Crippen LogP contribution is 2.32. The van der Waals surface area contributed by atoms with Crippen LogP contribution in [0.1, 0.15) is 83.0 Å². The fourth-order valence-corrected chi connectivity index (χ4v) is 4.48. The van der Waals surface area contributed by atoms with Gasteiger partial charge in [-0.05, 0) is 78.1 Å². The number of rotatable bonds is 4. The quantitative estimate of drug-likeness (QED) is 0.419. The molecule has 0 spiro atoms. The SMILES string of the molecule is Cc1ccc(C(=O)O)c(C)c1.Cc1nc(C2CCCN2C(=O)OC(C)(C)C)n(C)c(=O)c1OC(=O)c1ccccc1. The van der Waals surface area contributed by atoms with Crippen LogP contribution in [0.3, 0.4) is 0 Å². The fourth-order valence-electron chi connectivity index (χ4n) is 4.48. The molecule has 1 aliphatic rings. The number of likely N-dealkylation sites (tertiary alicyclic amines) is 1. The Kier molecular flexibility index (Phi) is 9.70. The summed E-state index contributed by atoms with van der Waals surface area (Å²) >= 11 is 0. The van der Waals surface area contributed by atoms with E-state index in [9.17, 15) is 19.2 Å². The Morgan fingerprint density at radius 3 is 2.27 bits per heavy atom. The number of ether oxygens (including phenoxy) is 2. The van der Waals surface area contributed by atoms with Crippen molar-refractivity contribution in [2.75, 3.05) is 6.54 Å². The summed E-state index contributed by atoms with van der Waals surface area (Å²) in [4.78, 5) is 54.6. The van der Waals surface area contributed by atoms with Gasteiger partial charge in [-0.3, -0.25) is 14.3 Å². The standard InChI is InChI=1S/C22H27N3O5.C9H10O2/c1-14-17(29-20(27)15-10-7-6-8-11-15)19(26)24(5)18(23-14)16-12-9-13-25(16)21(28)30-22(2,3)4;1-6-3-4-8(9(10)11)7(2)5-6/h6-8,10-11,16H,9,12-13H2,1-5H3;3-5H,1-2H3,(H,10,11). The number of aromatic nitrogens is 2. The first-order chi connectivity index (χ1) is 19.2. The van der Waals surface area contributed by atoms with Gasteiger partial charge in [-0.15, -0.1) is 0 Å². The normalized spacial score (nSPS) is 14.6. The van der Waals surface area contributed by atoms with Gasteiger partial charge in [0.25, 0.3) is 5.56 Å². The van der Waals surface area contributed by atoms with Gasteiger partial charge in [0, 0.05) is 13.6 Å². The van der Waals surface area contributed by atoms with Crippen LogP contribution in [0.2, 0.25) is 0 Å². The third kappa shape index (κ3) is 7.81. The number of carboxylic acids is 1. The molecule has 0 radical (unpaired) electrons. The summed E-state index contributed by atoms with van der Waals surface area (Å²) < 4.78 is 12.2. The van der Waals surface area contributed by atoms with E-state index in [1.54, 1.807) is 68.3 Å². The molecule has 1 amide bonds. The maximum Gasteiger partial charge on any atom is 0.410 e. The highest BCUT2D eigenvalue weighted by Gasteiger charge is 2.36. The summed E-state index contributed by atoms with van der Waals surface area (Å²) in [7, 11) is 1.57. The van der Waals surface area contributed by atoms with Gasteiger partial charge in [-0.1, -0.05) is 35.9 Å². The van der Waals surface area contributed by atoms with Crippen molar-refractivity contribution in [2.24, 2.45) is 7.05 Å². The van der Waals surface area contributed by atoms with Gasteiger partial charge in [0.1, 0.15) is 11.4 Å². The van der Waals surface area contributed by atoms with E-state index in [4.69, 9.17) is 14.6 Å². The summed E-state index contributed by atoms with van der Waals surface area (Å²) in [6, 6.07) is 13.4. The van der Waals surface area contributed by atoms with Crippen molar-refractivity contribution in [1.29, 1.82) is 0 Å². The van der Waals surface area contributed by atoms with Gasteiger partial charge in [-0.25, -0.2) is 19.4 Å². The zero-order valence-electron chi connectivity index (χ0n) is 24.6. The molecule has 0 saturated carbocycles. The summed E-state index contributed by atoms with van der Waals surface area (Å²) in [5.74, 6) is -1.15. The Morgan fingerprint density at radius 2 is 1.68 bits per heavy atom. The molecule has 1 saturated heterocycles. The van der Waals surface area contributed by atoms with Crippen LogP contribution in [0.5, 0.6) is 5.75 Å². The first-order valence-corrected chi connectivity index (χ1v) is 13.3. The summed E-state index contributed by atoms with van der Waals surface area (Å²) in [5.41, 5.74) is 1.84. The Hall–Kier alpha value is -4.47. The van der Waals surface area contributed by atoms with E-state index in [0.29, 0.717) is 35.6 Å². The van der Waals surface area contributed by atoms with Crippen LogP contribution in [0.25, 0.3) is 0 Å². The lowest BCUT2D eigenvalue weighted by Gasteiger charge is -2.29. The van der Waals surface area contributed by atoms with E-state index in [1.807, 2.05) is 33.8 Å². The first-order valence-electron chi connectivity index (χ1n) is 13.3. The van der Waals surface area contributed by atoms with Crippen molar-refractivity contribution in [3.8, 4) is 5.75 Å². The van der Waals surface area contributed by atoms with Crippen molar-refractivity contribution in [1.82, 2.24) is 14.5 Å². The van der Waals surface area contributed by atoms with Crippen LogP contribution in [-0.4, -0.2) is 49.7 Å². The van der Waals surface area contributed by atoms with E-state index in [2.05, 4.69) is 4.98 Å². The number of hydrogen-bond donors (Lipinski definition) is 1. The van der Waals surface area contributed by atoms with Gasteiger partial charge >= 0.3 is 18.0 Å². The number of aryl methyl sites for hydroxylation is 3. The molecular weight excluding hydrogens is 526 g/mol. The Balaban J connectivity index is 0.000000352. The molecule has 0 bridgehead atoms. The van der Waals surface area contributed by atoms with E-state index in [0.717, 1.165) is 17.5 Å². The van der Waals surface area contributed by atoms with Crippen LogP contribution in [-0.2, 0) is 11.8 Å². The van der Waals surface area contributed by atoms with Crippen LogP contribution in [0.15, 0.2) is 53.3 Å². The minimum Gasteiger partial charge on any atom is -0.478 e. The van der Waals surface area contributed by atoms with Gasteiger partial charge < -0.3 is 14.6 Å². The highest BCUT2D eigenvalue weighted by molar-refractivity contribution is 5.91. The number of carboxylic acid groups (broad SMARTS) is 1. The third-order valence-electron chi connectivity index (χ3n) is 6.45. The largest absolute Gasteiger partial charge is 0.478 e. The van der Waals surface area contributed by atoms with Crippen molar-refractivity contribution in [3.63, 3.8) is 0 Å². The Labute approximate surface area is 239 Å². The molecule has 1 fully saturated rings. The van der Waals surface area contributed by atoms with Gasteiger partial charge in [0.15, 0.2) is 0 Å². The van der Waals surface area contributed by atoms with Crippen LogP contribution < -0.4 is 10.3 Å². The minimum atomic E-state index is -0.859. The Bertz CT molecular complexity index is 1490. The number of carbonyl (C=O) groups is 3. The van der Waals surface area contributed by atoms with E-state index < -0.39 is 29.2 Å². The predicted molar refractivity (Wildman–Crippen MR) is 153 cm³/mol. The monoisotopic (exact) mass is 563 g/mol. The lowest BCUT2D eigenvalue weighted by atomic mass is 10.1. The molecule has 2 aromatic carbocycles. The summed E-state index contributed by atoms with van der Waals surface area (Å²) in [5, 5.41) is 8.66. The average molecular weight is 564 g/mol. The third-order valence-corrected chi connectivity index (χ3v) is 6.45. The second-order valence-electron chi connectivity index (χ2n) is 11.0. The Morgan fingerprint density at radius 1 is 1.02 bits per heavy atom. The zero-order chi connectivity index (χ0) is 30.5. The second kappa shape index (κ2) is 12.8. The van der Waals surface area contributed by atoms with Crippen molar-refractivity contribution >= 4 is 18.0 Å². The van der Waals surface area contributed by atoms with E-state index in [1.165, 1.54) is 4.57 Å². The highest BCUT2D eigenvalue weighted by atomic mass is 16.6. The fraction of sp³-hybridized carbons (Fsp3) is 0.387. The first kappa shape index (κ1) is 31.1. The van der Waals surface area contributed by atoms with Crippen molar-refractivity contribution < 1.29 is 29.0 Å². The number of nitrogens with zero attached hydrogens (tertiary/aromatic N) is 3. The lowest BCUT2D eigenvalue weighted by molar-refractivity contribution is 0.0215. The minimum absolute atomic E-state index is 0.114. The molecule has 3 aromatic rings. The number of benzene rings is 2. The molecule has 1 aliphatic heterocycles. The molecule has 2 heterocycles. The summed E-state index contributed by atoms with van der Waals surface area (Å²) in [6.07, 6.45) is 1.02. The van der Waals surface area contributed by atoms with Crippen LogP contribution in [0.4, 0.5) is 4.79 Å². The molecule has 218 valence electrons. The smallest absolute Gasteiger partial charge is 0.410 e. The molecular formula is C31H37N3O7. The molecule has 10 nitrogen and oxygen atoms in total. The molecule has 0 aliphatic carbocycles. The molecule has 1 atom stereocenters. The second-order valence-corrected chi connectivity index (χ2v) is 11.0. The maximum absolute atomic E-state index is 13.0. The number of aromatic carboxylic acids is 1. The molecule has 10 heteroatoms.